The van der Waals surface area contributed by atoms with Crippen molar-refractivity contribution in [2.45, 2.75) is 18.9 Å². The maximum Gasteiger partial charge on any atom is 0.0433 e. The molecule has 88 valence electrons. The summed E-state index contributed by atoms with van der Waals surface area (Å²) in [6.45, 7) is 2.07. The largest absolute Gasteiger partial charge is 0.321 e. The summed E-state index contributed by atoms with van der Waals surface area (Å²) in [5, 5.41) is 0. The van der Waals surface area contributed by atoms with Gasteiger partial charge in [-0.25, -0.2) is 0 Å². The van der Waals surface area contributed by atoms with Gasteiger partial charge in [0.2, 0.25) is 0 Å². The van der Waals surface area contributed by atoms with Crippen LogP contribution in [0.4, 0.5) is 0 Å². The summed E-state index contributed by atoms with van der Waals surface area (Å²) < 4.78 is 1.07. The molecule has 2 N–H and O–H groups in total. The summed E-state index contributed by atoms with van der Waals surface area (Å²) in [4.78, 5) is 0. The summed E-state index contributed by atoms with van der Waals surface area (Å²) in [5.41, 5.74) is 8.48. The third-order valence-electron chi connectivity index (χ3n) is 2.90. The number of hydrogen-bond acceptors (Lipinski definition) is 1. The standard InChI is InChI=1S/C15H16BrN/c1-15(17,11-12-7-3-2-4-8-12)13-9-5-6-10-14(13)16/h2-10H,11,17H2,1H3. The minimum atomic E-state index is -0.360. The Bertz CT molecular complexity index is 491. The molecule has 0 aliphatic heterocycles. The van der Waals surface area contributed by atoms with Crippen LogP contribution in [0.3, 0.4) is 0 Å². The zero-order chi connectivity index (χ0) is 12.3. The molecule has 0 spiro atoms. The van der Waals surface area contributed by atoms with Crippen molar-refractivity contribution in [3.05, 3.63) is 70.2 Å². The van der Waals surface area contributed by atoms with E-state index in [-0.39, 0.29) is 5.54 Å². The van der Waals surface area contributed by atoms with Gasteiger partial charge in [-0.1, -0.05) is 64.5 Å². The molecule has 2 rings (SSSR count). The third-order valence-corrected chi connectivity index (χ3v) is 3.59. The van der Waals surface area contributed by atoms with Crippen LogP contribution in [0.1, 0.15) is 18.1 Å². The molecule has 0 saturated heterocycles. The Labute approximate surface area is 111 Å². The second kappa shape index (κ2) is 5.03. The van der Waals surface area contributed by atoms with E-state index in [2.05, 4.69) is 41.1 Å². The summed E-state index contributed by atoms with van der Waals surface area (Å²) in [7, 11) is 0. The highest BCUT2D eigenvalue weighted by atomic mass is 79.9. The van der Waals surface area contributed by atoms with Crippen LogP contribution in [0.5, 0.6) is 0 Å². The molecule has 0 aliphatic carbocycles. The van der Waals surface area contributed by atoms with E-state index < -0.39 is 0 Å². The van der Waals surface area contributed by atoms with Crippen molar-refractivity contribution in [1.29, 1.82) is 0 Å². The van der Waals surface area contributed by atoms with Gasteiger partial charge in [0.25, 0.3) is 0 Å². The van der Waals surface area contributed by atoms with Gasteiger partial charge < -0.3 is 5.73 Å². The first kappa shape index (κ1) is 12.3. The molecule has 0 aliphatic rings. The molecule has 2 aromatic rings. The van der Waals surface area contributed by atoms with Gasteiger partial charge in [0.05, 0.1) is 0 Å². The van der Waals surface area contributed by atoms with E-state index in [0.717, 1.165) is 16.5 Å². The SMILES string of the molecule is CC(N)(Cc1ccccc1)c1ccccc1Br. The van der Waals surface area contributed by atoms with Crippen LogP contribution >= 0.6 is 15.9 Å². The molecule has 1 atom stereocenters. The zero-order valence-electron chi connectivity index (χ0n) is 9.86. The second-order valence-corrected chi connectivity index (χ2v) is 5.41. The summed E-state index contributed by atoms with van der Waals surface area (Å²) >= 11 is 3.57. The lowest BCUT2D eigenvalue weighted by atomic mass is 9.87. The van der Waals surface area contributed by atoms with Gasteiger partial charge in [-0.15, -0.1) is 0 Å². The number of nitrogens with two attached hydrogens (primary N) is 1. The smallest absolute Gasteiger partial charge is 0.0433 e. The summed E-state index contributed by atoms with van der Waals surface area (Å²) in [6, 6.07) is 18.5. The van der Waals surface area contributed by atoms with Crippen molar-refractivity contribution in [1.82, 2.24) is 0 Å². The Kier molecular flexibility index (Phi) is 3.65. The first-order chi connectivity index (χ1) is 8.09. The Balaban J connectivity index is 2.28. The number of benzene rings is 2. The van der Waals surface area contributed by atoms with Crippen molar-refractivity contribution >= 4 is 15.9 Å². The highest BCUT2D eigenvalue weighted by Gasteiger charge is 2.23. The van der Waals surface area contributed by atoms with Gasteiger partial charge in [-0.3, -0.25) is 0 Å². The molecule has 0 radical (unpaired) electrons. The van der Waals surface area contributed by atoms with E-state index in [0.29, 0.717) is 0 Å². The first-order valence-electron chi connectivity index (χ1n) is 5.67. The van der Waals surface area contributed by atoms with Crippen molar-refractivity contribution < 1.29 is 0 Å². The Morgan fingerprint density at radius 2 is 1.59 bits per heavy atom. The van der Waals surface area contributed by atoms with E-state index in [9.17, 15) is 0 Å². The van der Waals surface area contributed by atoms with Crippen molar-refractivity contribution in [3.63, 3.8) is 0 Å². The van der Waals surface area contributed by atoms with Crippen LogP contribution in [0.25, 0.3) is 0 Å². The van der Waals surface area contributed by atoms with Crippen molar-refractivity contribution in [2.75, 3.05) is 0 Å². The average Bonchev–Trinajstić information content (AvgIpc) is 2.30. The van der Waals surface area contributed by atoms with Crippen molar-refractivity contribution in [2.24, 2.45) is 5.73 Å². The van der Waals surface area contributed by atoms with E-state index >= 15 is 0 Å². The van der Waals surface area contributed by atoms with Crippen LogP contribution in [0.2, 0.25) is 0 Å². The Hall–Kier alpha value is -1.12. The maximum atomic E-state index is 6.44. The van der Waals surface area contributed by atoms with E-state index in [4.69, 9.17) is 5.73 Å². The number of halogens is 1. The summed E-state index contributed by atoms with van der Waals surface area (Å²) in [5.74, 6) is 0. The molecule has 0 aromatic heterocycles. The van der Waals surface area contributed by atoms with Crippen LogP contribution in [0, 0.1) is 0 Å². The van der Waals surface area contributed by atoms with E-state index in [1.165, 1.54) is 5.56 Å². The van der Waals surface area contributed by atoms with Crippen LogP contribution in [-0.4, -0.2) is 0 Å². The van der Waals surface area contributed by atoms with Gasteiger partial charge in [-0.2, -0.15) is 0 Å². The molecule has 0 bridgehead atoms. The minimum absolute atomic E-state index is 0.360. The van der Waals surface area contributed by atoms with Gasteiger partial charge in [-0.05, 0) is 30.5 Å². The molecular formula is C15H16BrN. The number of hydrogen-bond donors (Lipinski definition) is 1. The first-order valence-corrected chi connectivity index (χ1v) is 6.47. The fraction of sp³-hybridized carbons (Fsp3) is 0.200. The predicted octanol–water partition coefficient (Wildman–Crippen LogP) is 3.87. The average molecular weight is 290 g/mol. The normalized spacial score (nSPS) is 14.3. The Morgan fingerprint density at radius 1 is 1.00 bits per heavy atom. The monoisotopic (exact) mass is 289 g/mol. The molecule has 0 amide bonds. The lowest BCUT2D eigenvalue weighted by molar-refractivity contribution is 0.489. The zero-order valence-corrected chi connectivity index (χ0v) is 11.4. The summed E-state index contributed by atoms with van der Waals surface area (Å²) in [6.07, 6.45) is 0.830. The molecule has 17 heavy (non-hydrogen) atoms. The van der Waals surface area contributed by atoms with Crippen LogP contribution in [0.15, 0.2) is 59.1 Å². The third kappa shape index (κ3) is 2.96. The van der Waals surface area contributed by atoms with Crippen LogP contribution < -0.4 is 5.73 Å². The molecular weight excluding hydrogens is 274 g/mol. The molecule has 1 unspecified atom stereocenters. The van der Waals surface area contributed by atoms with Gasteiger partial charge in [0.1, 0.15) is 0 Å². The lowest BCUT2D eigenvalue weighted by Crippen LogP contribution is -2.35. The maximum absolute atomic E-state index is 6.44. The fourth-order valence-electron chi connectivity index (χ4n) is 2.04. The Morgan fingerprint density at radius 3 is 2.24 bits per heavy atom. The molecule has 0 heterocycles. The van der Waals surface area contributed by atoms with Gasteiger partial charge in [0.15, 0.2) is 0 Å². The molecule has 2 heteroatoms. The topological polar surface area (TPSA) is 26.0 Å². The minimum Gasteiger partial charge on any atom is -0.321 e. The van der Waals surface area contributed by atoms with E-state index in [1.807, 2.05) is 36.4 Å². The molecule has 1 nitrogen and oxygen atoms in total. The lowest BCUT2D eigenvalue weighted by Gasteiger charge is -2.26. The number of rotatable bonds is 3. The van der Waals surface area contributed by atoms with E-state index in [1.54, 1.807) is 0 Å². The van der Waals surface area contributed by atoms with Gasteiger partial charge in [0, 0.05) is 10.0 Å². The van der Waals surface area contributed by atoms with Crippen molar-refractivity contribution in [3.8, 4) is 0 Å². The van der Waals surface area contributed by atoms with Gasteiger partial charge >= 0.3 is 0 Å². The molecule has 0 fully saturated rings. The highest BCUT2D eigenvalue weighted by Crippen LogP contribution is 2.28. The predicted molar refractivity (Wildman–Crippen MR) is 75.8 cm³/mol. The fourth-order valence-corrected chi connectivity index (χ4v) is 2.78. The van der Waals surface area contributed by atoms with Crippen LogP contribution in [-0.2, 0) is 12.0 Å². The highest BCUT2D eigenvalue weighted by molar-refractivity contribution is 9.10. The molecule has 0 saturated carbocycles. The second-order valence-electron chi connectivity index (χ2n) is 4.56. The molecule has 2 aromatic carbocycles. The quantitative estimate of drug-likeness (QED) is 0.912.